The van der Waals surface area contributed by atoms with Crippen molar-refractivity contribution in [1.29, 1.82) is 0 Å². The number of halogens is 4. The normalized spacial score (nSPS) is 11.8. The van der Waals surface area contributed by atoms with Crippen molar-refractivity contribution in [3.8, 4) is 0 Å². The van der Waals surface area contributed by atoms with Crippen LogP contribution >= 0.6 is 24.0 Å². The van der Waals surface area contributed by atoms with Gasteiger partial charge in [0.2, 0.25) is 0 Å². The highest BCUT2D eigenvalue weighted by Crippen LogP contribution is 2.28. The van der Waals surface area contributed by atoms with Crippen LogP contribution in [0.3, 0.4) is 0 Å². The largest absolute Gasteiger partial charge is 0.416 e. The van der Waals surface area contributed by atoms with Crippen LogP contribution in [0.1, 0.15) is 36.2 Å². The molecule has 0 atom stereocenters. The Hall–Kier alpha value is -1.52. The minimum absolute atomic E-state index is 0. The first-order valence-corrected chi connectivity index (χ1v) is 7.69. The van der Waals surface area contributed by atoms with Crippen molar-refractivity contribution < 1.29 is 18.0 Å². The predicted molar refractivity (Wildman–Crippen MR) is 103 cm³/mol. The van der Waals surface area contributed by atoms with Crippen molar-refractivity contribution >= 4 is 35.8 Å². The van der Waals surface area contributed by atoms with Crippen molar-refractivity contribution in [2.45, 2.75) is 26.4 Å². The van der Waals surface area contributed by atoms with Gasteiger partial charge in [0.15, 0.2) is 5.96 Å². The fourth-order valence-corrected chi connectivity index (χ4v) is 1.78. The first kappa shape index (κ1) is 23.5. The number of nitrogens with zero attached hydrogens (tertiary/aromatic N) is 1. The molecule has 0 spiro atoms. The topological polar surface area (TPSA) is 79.5 Å². The number of carbonyl (C=O) groups excluding carboxylic acids is 1. The molecule has 4 N–H and O–H groups in total. The van der Waals surface area contributed by atoms with E-state index in [2.05, 4.69) is 29.5 Å². The van der Waals surface area contributed by atoms with Gasteiger partial charge in [-0.1, -0.05) is 13.8 Å². The molecular formula is C16H24F3IN4O. The van der Waals surface area contributed by atoms with E-state index in [0.29, 0.717) is 25.0 Å². The SMILES string of the molecule is CC(C)CCN=C(N)NCCNC(=O)c1ccc(C(F)(F)F)cc1.I. The summed E-state index contributed by atoms with van der Waals surface area (Å²) >= 11 is 0. The maximum atomic E-state index is 12.4. The number of alkyl halides is 3. The van der Waals surface area contributed by atoms with Crippen LogP contribution in [0.4, 0.5) is 13.2 Å². The van der Waals surface area contributed by atoms with Crippen molar-refractivity contribution in [2.24, 2.45) is 16.6 Å². The first-order chi connectivity index (χ1) is 11.2. The second-order valence-electron chi connectivity index (χ2n) is 5.71. The fraction of sp³-hybridized carbons (Fsp3) is 0.500. The molecule has 0 radical (unpaired) electrons. The molecular weight excluding hydrogens is 448 g/mol. The van der Waals surface area contributed by atoms with Gasteiger partial charge in [0.25, 0.3) is 5.91 Å². The van der Waals surface area contributed by atoms with E-state index in [-0.39, 0.29) is 36.1 Å². The Morgan fingerprint density at radius 1 is 1.16 bits per heavy atom. The molecule has 0 aliphatic heterocycles. The minimum Gasteiger partial charge on any atom is -0.370 e. The van der Waals surface area contributed by atoms with Gasteiger partial charge in [-0.25, -0.2) is 0 Å². The summed E-state index contributed by atoms with van der Waals surface area (Å²) in [6, 6.07) is 4.06. The van der Waals surface area contributed by atoms with Gasteiger partial charge >= 0.3 is 6.18 Å². The number of benzene rings is 1. The Balaban J connectivity index is 0.00000576. The molecule has 5 nitrogen and oxygen atoms in total. The lowest BCUT2D eigenvalue weighted by Crippen LogP contribution is -2.38. The van der Waals surface area contributed by atoms with E-state index in [1.54, 1.807) is 0 Å². The van der Waals surface area contributed by atoms with E-state index in [1.165, 1.54) is 0 Å². The molecule has 25 heavy (non-hydrogen) atoms. The molecule has 0 fully saturated rings. The summed E-state index contributed by atoms with van der Waals surface area (Å²) in [6.07, 6.45) is -3.47. The smallest absolute Gasteiger partial charge is 0.370 e. The van der Waals surface area contributed by atoms with E-state index >= 15 is 0 Å². The number of amides is 1. The molecule has 0 bridgehead atoms. The van der Waals surface area contributed by atoms with Crippen LogP contribution in [0.15, 0.2) is 29.3 Å². The van der Waals surface area contributed by atoms with Gasteiger partial charge in [-0.15, -0.1) is 24.0 Å². The Labute approximate surface area is 162 Å². The number of nitrogens with one attached hydrogen (secondary N) is 2. The number of nitrogens with two attached hydrogens (primary N) is 1. The van der Waals surface area contributed by atoms with Crippen molar-refractivity contribution in [1.82, 2.24) is 10.6 Å². The molecule has 0 saturated carbocycles. The molecule has 1 aromatic rings. The standard InChI is InChI=1S/C16H23F3N4O.HI/c1-11(2)7-8-22-15(20)23-10-9-21-14(24)12-3-5-13(6-4-12)16(17,18)19;/h3-6,11H,7-10H2,1-2H3,(H,21,24)(H3,20,22,23);1H. The lowest BCUT2D eigenvalue weighted by atomic mass is 10.1. The van der Waals surface area contributed by atoms with E-state index in [1.807, 2.05) is 0 Å². The number of rotatable bonds is 7. The van der Waals surface area contributed by atoms with Crippen LogP contribution in [-0.2, 0) is 6.18 Å². The molecule has 142 valence electrons. The third-order valence-electron chi connectivity index (χ3n) is 3.18. The minimum atomic E-state index is -4.41. The number of guanidine groups is 1. The number of hydrogen-bond acceptors (Lipinski definition) is 2. The molecule has 0 heterocycles. The number of hydrogen-bond donors (Lipinski definition) is 3. The maximum Gasteiger partial charge on any atom is 0.416 e. The summed E-state index contributed by atoms with van der Waals surface area (Å²) in [5.41, 5.74) is 5.05. The molecule has 1 amide bonds. The van der Waals surface area contributed by atoms with Crippen LogP contribution in [0.5, 0.6) is 0 Å². The van der Waals surface area contributed by atoms with Crippen LogP contribution in [0.2, 0.25) is 0 Å². The Morgan fingerprint density at radius 2 is 1.72 bits per heavy atom. The van der Waals surface area contributed by atoms with E-state index in [9.17, 15) is 18.0 Å². The van der Waals surface area contributed by atoms with Gasteiger partial charge in [0.05, 0.1) is 5.56 Å². The molecule has 9 heteroatoms. The zero-order valence-corrected chi connectivity index (χ0v) is 16.5. The molecule has 1 rings (SSSR count). The van der Waals surface area contributed by atoms with Crippen molar-refractivity contribution in [3.63, 3.8) is 0 Å². The second-order valence-corrected chi connectivity index (χ2v) is 5.71. The molecule has 0 aliphatic carbocycles. The van der Waals surface area contributed by atoms with E-state index in [0.717, 1.165) is 30.7 Å². The summed E-state index contributed by atoms with van der Waals surface area (Å²) in [5, 5.41) is 5.45. The zero-order valence-electron chi connectivity index (χ0n) is 14.2. The van der Waals surface area contributed by atoms with Crippen LogP contribution < -0.4 is 16.4 Å². The summed E-state index contributed by atoms with van der Waals surface area (Å²) in [6.45, 7) is 5.48. The van der Waals surface area contributed by atoms with Crippen LogP contribution in [0.25, 0.3) is 0 Å². The summed E-state index contributed by atoms with van der Waals surface area (Å²) < 4.78 is 37.3. The quantitative estimate of drug-likeness (QED) is 0.247. The van der Waals surface area contributed by atoms with E-state index < -0.39 is 17.6 Å². The molecule has 0 unspecified atom stereocenters. The van der Waals surface area contributed by atoms with Gasteiger partial charge < -0.3 is 16.4 Å². The molecule has 0 aliphatic rings. The van der Waals surface area contributed by atoms with Crippen molar-refractivity contribution in [2.75, 3.05) is 19.6 Å². The first-order valence-electron chi connectivity index (χ1n) is 7.69. The molecule has 0 saturated heterocycles. The number of carbonyl (C=O) groups is 1. The maximum absolute atomic E-state index is 12.4. The lowest BCUT2D eigenvalue weighted by molar-refractivity contribution is -0.137. The molecule has 0 aromatic heterocycles. The third-order valence-corrected chi connectivity index (χ3v) is 3.18. The monoisotopic (exact) mass is 472 g/mol. The zero-order chi connectivity index (χ0) is 18.2. The van der Waals surface area contributed by atoms with Crippen LogP contribution in [0, 0.1) is 5.92 Å². The lowest BCUT2D eigenvalue weighted by Gasteiger charge is -2.09. The second kappa shape index (κ2) is 11.2. The van der Waals surface area contributed by atoms with Gasteiger partial charge in [-0.3, -0.25) is 9.79 Å². The average molecular weight is 472 g/mol. The average Bonchev–Trinajstić information content (AvgIpc) is 2.50. The van der Waals surface area contributed by atoms with Gasteiger partial charge in [0, 0.05) is 25.2 Å². The number of aliphatic imine (C=N–C) groups is 1. The van der Waals surface area contributed by atoms with Gasteiger partial charge in [-0.2, -0.15) is 13.2 Å². The highest BCUT2D eigenvalue weighted by atomic mass is 127. The highest BCUT2D eigenvalue weighted by Gasteiger charge is 2.30. The summed E-state index contributed by atoms with van der Waals surface area (Å²) in [5.74, 6) is 0.407. The molecule has 1 aromatic carbocycles. The highest BCUT2D eigenvalue weighted by molar-refractivity contribution is 14.0. The van der Waals surface area contributed by atoms with Crippen LogP contribution in [-0.4, -0.2) is 31.5 Å². The van der Waals surface area contributed by atoms with E-state index in [4.69, 9.17) is 5.73 Å². The third kappa shape index (κ3) is 9.51. The predicted octanol–water partition coefficient (Wildman–Crippen LogP) is 3.00. The van der Waals surface area contributed by atoms with Gasteiger partial charge in [0.1, 0.15) is 0 Å². The van der Waals surface area contributed by atoms with Crippen molar-refractivity contribution in [3.05, 3.63) is 35.4 Å². The fourth-order valence-electron chi connectivity index (χ4n) is 1.78. The Kier molecular flexibility index (Phi) is 10.5. The Bertz CT molecular complexity index is 559. The Morgan fingerprint density at radius 3 is 2.24 bits per heavy atom. The van der Waals surface area contributed by atoms with Gasteiger partial charge in [-0.05, 0) is 36.6 Å². The summed E-state index contributed by atoms with van der Waals surface area (Å²) in [4.78, 5) is 16.0. The summed E-state index contributed by atoms with van der Waals surface area (Å²) in [7, 11) is 0.